The topological polar surface area (TPSA) is 53.5 Å². The highest BCUT2D eigenvalue weighted by Gasteiger charge is 2.53. The average molecular weight is 411 g/mol. The molecule has 1 aromatic carbocycles. The Kier molecular flexibility index (Phi) is 4.42. The zero-order valence-corrected chi connectivity index (χ0v) is 16.1. The Morgan fingerprint density at radius 2 is 1.82 bits per heavy atom. The van der Waals surface area contributed by atoms with Gasteiger partial charge in [-0.3, -0.25) is 9.88 Å². The van der Waals surface area contributed by atoms with Gasteiger partial charge in [-0.05, 0) is 61.7 Å². The maximum Gasteiger partial charge on any atom is 0.501 e. The Morgan fingerprint density at radius 3 is 2.39 bits per heavy atom. The maximum atomic E-state index is 12.7. The second kappa shape index (κ2) is 6.45. The van der Waals surface area contributed by atoms with E-state index in [1.54, 1.807) is 6.20 Å². The number of hydrogen-bond acceptors (Lipinski definition) is 5. The molecule has 0 amide bonds. The van der Waals surface area contributed by atoms with E-state index in [-0.39, 0.29) is 5.54 Å². The molecule has 1 aliphatic heterocycles. The molecule has 0 atom stereocenters. The van der Waals surface area contributed by atoms with E-state index in [0.717, 1.165) is 49.4 Å². The van der Waals surface area contributed by atoms with Gasteiger partial charge in [-0.25, -0.2) is 8.42 Å². The number of hydrogen-bond donors (Lipinski definition) is 0. The highest BCUT2D eigenvalue weighted by molar-refractivity contribution is 7.92. The number of sulfone groups is 1. The van der Waals surface area contributed by atoms with Gasteiger partial charge >= 0.3 is 5.51 Å². The molecular formula is C19H20F3N3O2S. The lowest BCUT2D eigenvalue weighted by Gasteiger charge is -2.22. The number of halogens is 3. The standard InChI is InChI=1S/C19H20F3N3O2S/c1-14-10-15(6-9-23-14)11-25-13-24(12-18(25)7-8-18)16-2-4-17(5-3-16)28(26,27)19(20,21)22/h2-6,9-10H,7-8,11-13H2,1H3. The molecule has 4 rings (SSSR count). The fourth-order valence-corrected chi connectivity index (χ4v) is 4.52. The molecule has 28 heavy (non-hydrogen) atoms. The van der Waals surface area contributed by atoms with Gasteiger partial charge in [0.15, 0.2) is 0 Å². The second-order valence-corrected chi connectivity index (χ2v) is 9.45. The minimum atomic E-state index is -5.32. The molecule has 150 valence electrons. The zero-order chi connectivity index (χ0) is 20.2. The summed E-state index contributed by atoms with van der Waals surface area (Å²) in [6.45, 7) is 4.15. The van der Waals surface area contributed by atoms with Gasteiger partial charge in [0.2, 0.25) is 0 Å². The van der Waals surface area contributed by atoms with Crippen molar-refractivity contribution in [2.75, 3.05) is 18.1 Å². The molecule has 1 spiro atoms. The summed E-state index contributed by atoms with van der Waals surface area (Å²) in [5, 5.41) is 0. The summed E-state index contributed by atoms with van der Waals surface area (Å²) in [6.07, 6.45) is 3.94. The molecule has 2 fully saturated rings. The molecule has 1 aromatic heterocycles. The summed E-state index contributed by atoms with van der Waals surface area (Å²) in [7, 11) is -5.32. The van der Waals surface area contributed by atoms with Crippen molar-refractivity contribution in [3.8, 4) is 0 Å². The summed E-state index contributed by atoms with van der Waals surface area (Å²) in [5.74, 6) is 0. The van der Waals surface area contributed by atoms with Gasteiger partial charge in [0.1, 0.15) is 0 Å². The van der Waals surface area contributed by atoms with E-state index in [2.05, 4.69) is 20.9 Å². The van der Waals surface area contributed by atoms with Crippen LogP contribution in [0.4, 0.5) is 18.9 Å². The number of alkyl halides is 3. The lowest BCUT2D eigenvalue weighted by molar-refractivity contribution is -0.0436. The molecule has 5 nitrogen and oxygen atoms in total. The number of anilines is 1. The number of aromatic nitrogens is 1. The van der Waals surface area contributed by atoms with Crippen molar-refractivity contribution in [1.82, 2.24) is 9.88 Å². The monoisotopic (exact) mass is 411 g/mol. The maximum absolute atomic E-state index is 12.7. The van der Waals surface area contributed by atoms with Crippen LogP contribution in [0.25, 0.3) is 0 Å². The van der Waals surface area contributed by atoms with Crippen molar-refractivity contribution in [3.63, 3.8) is 0 Å². The fourth-order valence-electron chi connectivity index (χ4n) is 3.76. The summed E-state index contributed by atoms with van der Waals surface area (Å²) in [5.41, 5.74) is -2.35. The Hall–Kier alpha value is -2.13. The first-order valence-corrected chi connectivity index (χ1v) is 10.4. The third-order valence-electron chi connectivity index (χ3n) is 5.48. The summed E-state index contributed by atoms with van der Waals surface area (Å²) in [4.78, 5) is 7.95. The van der Waals surface area contributed by atoms with Gasteiger partial charge in [0.05, 0.1) is 11.6 Å². The molecule has 1 saturated heterocycles. The van der Waals surface area contributed by atoms with Gasteiger partial charge in [-0.15, -0.1) is 0 Å². The van der Waals surface area contributed by atoms with Crippen LogP contribution < -0.4 is 4.90 Å². The second-order valence-electron chi connectivity index (χ2n) is 7.51. The van der Waals surface area contributed by atoms with Crippen molar-refractivity contribution in [2.45, 2.75) is 42.3 Å². The van der Waals surface area contributed by atoms with E-state index in [4.69, 9.17) is 0 Å². The highest BCUT2D eigenvalue weighted by atomic mass is 32.2. The number of pyridine rings is 1. The van der Waals surface area contributed by atoms with Crippen LogP contribution in [0, 0.1) is 6.92 Å². The van der Waals surface area contributed by atoms with Crippen molar-refractivity contribution < 1.29 is 21.6 Å². The lowest BCUT2D eigenvalue weighted by atomic mass is 10.2. The molecular weight excluding hydrogens is 391 g/mol. The Morgan fingerprint density at radius 1 is 1.14 bits per heavy atom. The zero-order valence-electron chi connectivity index (χ0n) is 15.3. The molecule has 2 heterocycles. The largest absolute Gasteiger partial charge is 0.501 e. The van der Waals surface area contributed by atoms with Crippen LogP contribution in [0.15, 0.2) is 47.5 Å². The van der Waals surface area contributed by atoms with Crippen molar-refractivity contribution in [3.05, 3.63) is 53.9 Å². The molecule has 9 heteroatoms. The number of aryl methyl sites for hydroxylation is 1. The normalized spacial score (nSPS) is 19.4. The van der Waals surface area contributed by atoms with E-state index < -0.39 is 20.2 Å². The molecule has 0 N–H and O–H groups in total. The molecule has 0 bridgehead atoms. The SMILES string of the molecule is Cc1cc(CN2CN(c3ccc(S(=O)(=O)C(F)(F)F)cc3)CC23CC3)ccn1. The van der Waals surface area contributed by atoms with Crippen LogP contribution in [0.3, 0.4) is 0 Å². The van der Waals surface area contributed by atoms with Crippen LogP contribution in [0.2, 0.25) is 0 Å². The molecule has 0 unspecified atom stereocenters. The van der Waals surface area contributed by atoms with E-state index in [1.807, 2.05) is 13.0 Å². The number of rotatable bonds is 4. The first kappa shape index (κ1) is 19.2. The summed E-state index contributed by atoms with van der Waals surface area (Å²) < 4.78 is 61.2. The van der Waals surface area contributed by atoms with Gasteiger partial charge in [-0.2, -0.15) is 13.2 Å². The van der Waals surface area contributed by atoms with Crippen molar-refractivity contribution in [1.29, 1.82) is 0 Å². The minimum Gasteiger partial charge on any atom is -0.357 e. The van der Waals surface area contributed by atoms with Gasteiger partial charge in [0, 0.05) is 36.2 Å². The van der Waals surface area contributed by atoms with Crippen LogP contribution >= 0.6 is 0 Å². The van der Waals surface area contributed by atoms with Gasteiger partial charge in [-0.1, -0.05) is 0 Å². The predicted molar refractivity (Wildman–Crippen MR) is 98.4 cm³/mol. The fraction of sp³-hybridized carbons (Fsp3) is 0.421. The minimum absolute atomic E-state index is 0.0912. The van der Waals surface area contributed by atoms with E-state index in [1.165, 1.54) is 17.7 Å². The highest BCUT2D eigenvalue weighted by Crippen LogP contribution is 2.47. The Bertz CT molecular complexity index is 986. The Labute approximate surface area is 161 Å². The lowest BCUT2D eigenvalue weighted by Crippen LogP contribution is -2.32. The molecule has 1 aliphatic carbocycles. The van der Waals surface area contributed by atoms with Gasteiger partial charge < -0.3 is 4.90 Å². The molecule has 2 aliphatic rings. The van der Waals surface area contributed by atoms with Crippen LogP contribution in [-0.2, 0) is 16.4 Å². The van der Waals surface area contributed by atoms with E-state index >= 15 is 0 Å². The molecule has 2 aromatic rings. The first-order chi connectivity index (χ1) is 13.1. The number of nitrogens with zero attached hydrogens (tertiary/aromatic N) is 3. The Balaban J connectivity index is 1.52. The summed E-state index contributed by atoms with van der Waals surface area (Å²) in [6, 6.07) is 9.01. The van der Waals surface area contributed by atoms with Crippen molar-refractivity contribution >= 4 is 15.5 Å². The quantitative estimate of drug-likeness (QED) is 0.771. The van der Waals surface area contributed by atoms with Crippen LogP contribution in [-0.4, -0.2) is 42.6 Å². The van der Waals surface area contributed by atoms with E-state index in [9.17, 15) is 21.6 Å². The van der Waals surface area contributed by atoms with E-state index in [0.29, 0.717) is 6.67 Å². The van der Waals surface area contributed by atoms with Crippen molar-refractivity contribution in [2.24, 2.45) is 0 Å². The molecule has 1 saturated carbocycles. The predicted octanol–water partition coefficient (Wildman–Crippen LogP) is 3.50. The third kappa shape index (κ3) is 3.37. The first-order valence-electron chi connectivity index (χ1n) is 8.94. The molecule has 0 radical (unpaired) electrons. The average Bonchev–Trinajstić information content (AvgIpc) is 3.31. The third-order valence-corrected chi connectivity index (χ3v) is 6.98. The van der Waals surface area contributed by atoms with Gasteiger partial charge in [0.25, 0.3) is 9.84 Å². The smallest absolute Gasteiger partial charge is 0.357 e. The summed E-state index contributed by atoms with van der Waals surface area (Å²) >= 11 is 0. The van der Waals surface area contributed by atoms with Crippen LogP contribution in [0.1, 0.15) is 24.1 Å². The van der Waals surface area contributed by atoms with Crippen LogP contribution in [0.5, 0.6) is 0 Å². The number of benzene rings is 1.